The van der Waals surface area contributed by atoms with E-state index in [1.807, 2.05) is 6.07 Å². The lowest BCUT2D eigenvalue weighted by Crippen LogP contribution is -2.18. The van der Waals surface area contributed by atoms with E-state index < -0.39 is 11.9 Å². The zero-order valence-electron chi connectivity index (χ0n) is 9.93. The van der Waals surface area contributed by atoms with E-state index in [1.54, 1.807) is 12.1 Å². The fourth-order valence-corrected chi connectivity index (χ4v) is 2.24. The van der Waals surface area contributed by atoms with Crippen molar-refractivity contribution in [2.75, 3.05) is 5.32 Å². The van der Waals surface area contributed by atoms with Gasteiger partial charge in [0.05, 0.1) is 11.3 Å². The molecule has 1 aromatic heterocycles. The summed E-state index contributed by atoms with van der Waals surface area (Å²) >= 11 is 6.60. The highest BCUT2D eigenvalue weighted by atomic mass is 79.9. The van der Waals surface area contributed by atoms with Crippen molar-refractivity contribution in [3.8, 4) is 0 Å². The second kappa shape index (κ2) is 6.15. The summed E-state index contributed by atoms with van der Waals surface area (Å²) in [6.07, 6.45) is 1.37. The first kappa shape index (κ1) is 14.7. The van der Waals surface area contributed by atoms with Crippen molar-refractivity contribution in [3.05, 3.63) is 56.7 Å². The highest BCUT2D eigenvalue weighted by Crippen LogP contribution is 2.26. The molecule has 0 saturated heterocycles. The number of anilines is 1. The maximum Gasteiger partial charge on any atom is 0.338 e. The number of aromatic nitrogens is 1. The Balaban J connectivity index is 2.33. The van der Waals surface area contributed by atoms with Gasteiger partial charge in [0, 0.05) is 15.1 Å². The average Bonchev–Trinajstić information content (AvgIpc) is 2.42. The lowest BCUT2D eigenvalue weighted by molar-refractivity contribution is 0.0691. The van der Waals surface area contributed by atoms with E-state index in [0.717, 1.165) is 4.47 Å². The van der Waals surface area contributed by atoms with Crippen LogP contribution in [0.4, 0.5) is 5.69 Å². The van der Waals surface area contributed by atoms with Gasteiger partial charge in [0.25, 0.3) is 5.91 Å². The van der Waals surface area contributed by atoms with Gasteiger partial charge in [0.2, 0.25) is 0 Å². The summed E-state index contributed by atoms with van der Waals surface area (Å²) < 4.78 is 1.47. The Kier molecular flexibility index (Phi) is 4.51. The Morgan fingerprint density at radius 2 is 1.95 bits per heavy atom. The molecule has 0 spiro atoms. The Labute approximate surface area is 131 Å². The second-order valence-corrected chi connectivity index (χ2v) is 5.55. The minimum absolute atomic E-state index is 0.133. The van der Waals surface area contributed by atoms with Crippen molar-refractivity contribution in [2.45, 2.75) is 0 Å². The molecule has 102 valence electrons. The fraction of sp³-hybridized carbons (Fsp3) is 0. The summed E-state index contributed by atoms with van der Waals surface area (Å²) in [6, 6.07) is 8.07. The van der Waals surface area contributed by atoms with Gasteiger partial charge < -0.3 is 10.4 Å². The molecule has 0 fully saturated rings. The number of nitrogens with one attached hydrogen (secondary N) is 1. The van der Waals surface area contributed by atoms with Gasteiger partial charge in [-0.3, -0.25) is 9.78 Å². The molecule has 0 saturated carbocycles. The predicted molar refractivity (Wildman–Crippen MR) is 81.0 cm³/mol. The molecule has 20 heavy (non-hydrogen) atoms. The molecule has 0 radical (unpaired) electrons. The van der Waals surface area contributed by atoms with E-state index in [1.165, 1.54) is 18.3 Å². The number of carbonyl (C=O) groups excluding carboxylic acids is 1. The molecule has 2 aromatic rings. The summed E-state index contributed by atoms with van der Waals surface area (Å²) in [5.41, 5.74) is 0.245. The molecule has 0 unspecified atom stereocenters. The van der Waals surface area contributed by atoms with Crippen molar-refractivity contribution in [1.82, 2.24) is 4.98 Å². The molecule has 0 aliphatic heterocycles. The average molecular weight is 400 g/mol. The van der Waals surface area contributed by atoms with Crippen molar-refractivity contribution in [1.29, 1.82) is 0 Å². The molecule has 1 aromatic carbocycles. The van der Waals surface area contributed by atoms with Gasteiger partial charge >= 0.3 is 5.97 Å². The van der Waals surface area contributed by atoms with E-state index in [-0.39, 0.29) is 11.3 Å². The molecule has 0 aliphatic carbocycles. The summed E-state index contributed by atoms with van der Waals surface area (Å²) in [6.45, 7) is 0. The fourth-order valence-electron chi connectivity index (χ4n) is 1.53. The summed E-state index contributed by atoms with van der Waals surface area (Å²) in [5, 5.41) is 11.7. The lowest BCUT2D eigenvalue weighted by atomic mass is 10.2. The molecular weight excluding hydrogens is 392 g/mol. The molecule has 1 heterocycles. The van der Waals surface area contributed by atoms with Gasteiger partial charge in [-0.15, -0.1) is 0 Å². The van der Waals surface area contributed by atoms with Gasteiger partial charge in [-0.25, -0.2) is 4.79 Å². The molecule has 0 aliphatic rings. The minimum Gasteiger partial charge on any atom is -0.478 e. The molecule has 0 atom stereocenters. The zero-order valence-corrected chi connectivity index (χ0v) is 13.1. The molecular formula is C13H8Br2N2O3. The zero-order chi connectivity index (χ0) is 14.7. The quantitative estimate of drug-likeness (QED) is 0.826. The molecule has 2 rings (SSSR count). The van der Waals surface area contributed by atoms with Crippen LogP contribution in [0.3, 0.4) is 0 Å². The first-order valence-electron chi connectivity index (χ1n) is 5.44. The van der Waals surface area contributed by atoms with Crippen molar-refractivity contribution in [2.24, 2.45) is 0 Å². The number of carboxylic acids is 1. The number of carbonyl (C=O) groups is 2. The number of rotatable bonds is 3. The molecule has 0 bridgehead atoms. The molecule has 2 N–H and O–H groups in total. The lowest BCUT2D eigenvalue weighted by Gasteiger charge is -2.09. The second-order valence-electron chi connectivity index (χ2n) is 3.78. The maximum absolute atomic E-state index is 12.1. The van der Waals surface area contributed by atoms with Crippen molar-refractivity contribution >= 4 is 49.4 Å². The van der Waals surface area contributed by atoms with Crippen molar-refractivity contribution < 1.29 is 14.7 Å². The Bertz CT molecular complexity index is 689. The number of halogens is 2. The number of benzene rings is 1. The van der Waals surface area contributed by atoms with Crippen LogP contribution in [-0.4, -0.2) is 22.0 Å². The summed E-state index contributed by atoms with van der Waals surface area (Å²) in [7, 11) is 0. The number of pyridine rings is 1. The maximum atomic E-state index is 12.1. The van der Waals surface area contributed by atoms with Crippen LogP contribution in [0.5, 0.6) is 0 Å². The van der Waals surface area contributed by atoms with E-state index in [0.29, 0.717) is 10.2 Å². The largest absolute Gasteiger partial charge is 0.478 e. The van der Waals surface area contributed by atoms with E-state index in [4.69, 9.17) is 5.11 Å². The number of hydrogen-bond acceptors (Lipinski definition) is 3. The van der Waals surface area contributed by atoms with Crippen LogP contribution in [0.15, 0.2) is 45.5 Å². The Hall–Kier alpha value is -1.73. The molecule has 1 amide bonds. The highest BCUT2D eigenvalue weighted by Gasteiger charge is 2.18. The topological polar surface area (TPSA) is 79.3 Å². The summed E-state index contributed by atoms with van der Waals surface area (Å²) in [4.78, 5) is 27.0. The third-order valence-electron chi connectivity index (χ3n) is 2.43. The number of hydrogen-bond donors (Lipinski definition) is 2. The van der Waals surface area contributed by atoms with Gasteiger partial charge in [-0.05, 0) is 46.3 Å². The highest BCUT2D eigenvalue weighted by molar-refractivity contribution is 9.11. The first-order chi connectivity index (χ1) is 9.49. The third-order valence-corrected chi connectivity index (χ3v) is 3.61. The van der Waals surface area contributed by atoms with Crippen LogP contribution < -0.4 is 5.32 Å². The molecule has 5 nitrogen and oxygen atoms in total. The normalized spacial score (nSPS) is 10.1. The first-order valence-corrected chi connectivity index (χ1v) is 7.02. The van der Waals surface area contributed by atoms with Crippen LogP contribution in [0, 0.1) is 0 Å². The molecule has 7 heteroatoms. The van der Waals surface area contributed by atoms with Crippen LogP contribution in [-0.2, 0) is 0 Å². The third kappa shape index (κ3) is 3.23. The Morgan fingerprint density at radius 3 is 2.65 bits per heavy atom. The number of aromatic carboxylic acids is 1. The van der Waals surface area contributed by atoms with Crippen LogP contribution in [0.1, 0.15) is 20.8 Å². The van der Waals surface area contributed by atoms with Gasteiger partial charge in [-0.2, -0.15) is 0 Å². The van der Waals surface area contributed by atoms with E-state index >= 15 is 0 Å². The standard InChI is InChI=1S/C13H8Br2N2O3/c14-7-3-4-9(15)10(6-7)17-12(18)11-8(13(19)20)2-1-5-16-11/h1-6H,(H,17,18)(H,19,20). The van der Waals surface area contributed by atoms with E-state index in [9.17, 15) is 9.59 Å². The smallest absolute Gasteiger partial charge is 0.338 e. The van der Waals surface area contributed by atoms with Crippen LogP contribution in [0.25, 0.3) is 0 Å². The van der Waals surface area contributed by atoms with Gasteiger partial charge in [-0.1, -0.05) is 15.9 Å². The summed E-state index contributed by atoms with van der Waals surface area (Å²) in [5.74, 6) is -1.78. The monoisotopic (exact) mass is 398 g/mol. The van der Waals surface area contributed by atoms with Crippen molar-refractivity contribution in [3.63, 3.8) is 0 Å². The number of carboxylic acid groups (broad SMARTS) is 1. The SMILES string of the molecule is O=C(O)c1cccnc1C(=O)Nc1cc(Br)ccc1Br. The predicted octanol–water partition coefficient (Wildman–Crippen LogP) is 3.56. The van der Waals surface area contributed by atoms with Crippen LogP contribution in [0.2, 0.25) is 0 Å². The number of nitrogens with zero attached hydrogens (tertiary/aromatic N) is 1. The van der Waals surface area contributed by atoms with E-state index in [2.05, 4.69) is 42.2 Å². The van der Waals surface area contributed by atoms with Gasteiger partial charge in [0.1, 0.15) is 5.69 Å². The van der Waals surface area contributed by atoms with Crippen LogP contribution >= 0.6 is 31.9 Å². The van der Waals surface area contributed by atoms with Gasteiger partial charge in [0.15, 0.2) is 0 Å². The minimum atomic E-state index is -1.20. The number of amides is 1. The Morgan fingerprint density at radius 1 is 1.20 bits per heavy atom.